The Bertz CT molecular complexity index is 386. The molecule has 0 bridgehead atoms. The maximum Gasteiger partial charge on any atom is 0.250 e. The van der Waals surface area contributed by atoms with Crippen molar-refractivity contribution >= 4 is 5.82 Å². The molecular formula is C8H9N5. The Morgan fingerprint density at radius 1 is 1.31 bits per heavy atom. The van der Waals surface area contributed by atoms with E-state index in [0.29, 0.717) is 11.8 Å². The zero-order valence-corrected chi connectivity index (χ0v) is 7.18. The molecule has 66 valence electrons. The summed E-state index contributed by atoms with van der Waals surface area (Å²) < 4.78 is 1.56. The number of anilines is 1. The highest BCUT2D eigenvalue weighted by Gasteiger charge is 2.03. The van der Waals surface area contributed by atoms with Gasteiger partial charge in [0.1, 0.15) is 5.82 Å². The summed E-state index contributed by atoms with van der Waals surface area (Å²) in [5, 5.41) is 4.05. The molecule has 13 heavy (non-hydrogen) atoms. The fourth-order valence-electron chi connectivity index (χ4n) is 0.985. The van der Waals surface area contributed by atoms with Crippen molar-refractivity contribution < 1.29 is 0 Å². The van der Waals surface area contributed by atoms with Crippen LogP contribution < -0.4 is 5.73 Å². The molecule has 0 amide bonds. The van der Waals surface area contributed by atoms with Crippen LogP contribution >= 0.6 is 0 Å². The van der Waals surface area contributed by atoms with Crippen LogP contribution in [0.4, 0.5) is 5.82 Å². The standard InChI is InChI=1S/C8H9N5/c1-6-5-13(12-7(6)9)8-10-3-2-4-11-8/h2-5H,1H3,(H2,9,12). The summed E-state index contributed by atoms with van der Waals surface area (Å²) in [6.07, 6.45) is 5.12. The first-order chi connectivity index (χ1) is 6.27. The van der Waals surface area contributed by atoms with E-state index in [-0.39, 0.29) is 0 Å². The molecule has 2 heterocycles. The number of rotatable bonds is 1. The van der Waals surface area contributed by atoms with E-state index >= 15 is 0 Å². The molecule has 0 aliphatic heterocycles. The fourth-order valence-corrected chi connectivity index (χ4v) is 0.985. The molecule has 0 spiro atoms. The van der Waals surface area contributed by atoms with Gasteiger partial charge in [0, 0.05) is 24.2 Å². The average Bonchev–Trinajstić information content (AvgIpc) is 2.49. The SMILES string of the molecule is Cc1cn(-c2ncccn2)nc1N. The molecule has 2 N–H and O–H groups in total. The first-order valence-corrected chi connectivity index (χ1v) is 3.86. The molecule has 0 unspecified atom stereocenters. The Balaban J connectivity index is 2.48. The first-order valence-electron chi connectivity index (χ1n) is 3.86. The van der Waals surface area contributed by atoms with E-state index in [0.717, 1.165) is 5.56 Å². The maximum atomic E-state index is 5.59. The highest BCUT2D eigenvalue weighted by molar-refractivity contribution is 5.37. The Morgan fingerprint density at radius 2 is 2.00 bits per heavy atom. The zero-order valence-electron chi connectivity index (χ0n) is 7.18. The van der Waals surface area contributed by atoms with Gasteiger partial charge in [0.05, 0.1) is 0 Å². The highest BCUT2D eigenvalue weighted by Crippen LogP contribution is 2.08. The summed E-state index contributed by atoms with van der Waals surface area (Å²) in [7, 11) is 0. The Morgan fingerprint density at radius 3 is 2.54 bits per heavy atom. The van der Waals surface area contributed by atoms with E-state index < -0.39 is 0 Å². The summed E-state index contributed by atoms with van der Waals surface area (Å²) >= 11 is 0. The average molecular weight is 175 g/mol. The molecule has 0 aromatic carbocycles. The van der Waals surface area contributed by atoms with Crippen molar-refractivity contribution in [3.05, 3.63) is 30.2 Å². The third-order valence-electron chi connectivity index (χ3n) is 1.69. The van der Waals surface area contributed by atoms with Crippen molar-refractivity contribution in [2.75, 3.05) is 5.73 Å². The molecule has 0 radical (unpaired) electrons. The lowest BCUT2D eigenvalue weighted by Crippen LogP contribution is -2.00. The molecule has 2 rings (SSSR count). The Hall–Kier alpha value is -1.91. The van der Waals surface area contributed by atoms with Gasteiger partial charge in [0.25, 0.3) is 0 Å². The minimum Gasteiger partial charge on any atom is -0.382 e. The quantitative estimate of drug-likeness (QED) is 0.687. The molecule has 0 saturated carbocycles. The van der Waals surface area contributed by atoms with Crippen LogP contribution in [0.2, 0.25) is 0 Å². The summed E-state index contributed by atoms with van der Waals surface area (Å²) in [5.74, 6) is 1.04. The number of aryl methyl sites for hydroxylation is 1. The van der Waals surface area contributed by atoms with Crippen molar-refractivity contribution in [3.8, 4) is 5.95 Å². The van der Waals surface area contributed by atoms with Crippen molar-refractivity contribution in [1.82, 2.24) is 19.7 Å². The number of hydrogen-bond acceptors (Lipinski definition) is 4. The van der Waals surface area contributed by atoms with E-state index in [1.54, 1.807) is 29.3 Å². The van der Waals surface area contributed by atoms with Crippen LogP contribution in [0.15, 0.2) is 24.7 Å². The second-order valence-electron chi connectivity index (χ2n) is 2.69. The van der Waals surface area contributed by atoms with Crippen molar-refractivity contribution in [3.63, 3.8) is 0 Å². The summed E-state index contributed by atoms with van der Waals surface area (Å²) in [6.45, 7) is 1.89. The summed E-state index contributed by atoms with van der Waals surface area (Å²) in [5.41, 5.74) is 6.51. The Labute approximate surface area is 75.2 Å². The normalized spacial score (nSPS) is 10.2. The van der Waals surface area contributed by atoms with Gasteiger partial charge < -0.3 is 5.73 Å². The third-order valence-corrected chi connectivity index (χ3v) is 1.69. The number of nitrogens with zero attached hydrogens (tertiary/aromatic N) is 4. The lowest BCUT2D eigenvalue weighted by molar-refractivity contribution is 0.811. The molecule has 5 nitrogen and oxygen atoms in total. The molecule has 2 aromatic rings. The van der Waals surface area contributed by atoms with Crippen LogP contribution in [-0.2, 0) is 0 Å². The monoisotopic (exact) mass is 175 g/mol. The molecular weight excluding hydrogens is 166 g/mol. The summed E-state index contributed by atoms with van der Waals surface area (Å²) in [4.78, 5) is 8.07. The van der Waals surface area contributed by atoms with E-state index in [1.807, 2.05) is 6.92 Å². The van der Waals surface area contributed by atoms with Gasteiger partial charge in [-0.15, -0.1) is 5.10 Å². The van der Waals surface area contributed by atoms with Crippen LogP contribution in [0, 0.1) is 6.92 Å². The van der Waals surface area contributed by atoms with Gasteiger partial charge in [-0.25, -0.2) is 14.6 Å². The molecule has 0 aliphatic rings. The smallest absolute Gasteiger partial charge is 0.250 e. The number of aromatic nitrogens is 4. The Kier molecular flexibility index (Phi) is 1.70. The minimum absolute atomic E-state index is 0.507. The van der Waals surface area contributed by atoms with Gasteiger partial charge in [-0.05, 0) is 13.0 Å². The van der Waals surface area contributed by atoms with E-state index in [2.05, 4.69) is 15.1 Å². The van der Waals surface area contributed by atoms with Crippen molar-refractivity contribution in [2.24, 2.45) is 0 Å². The summed E-state index contributed by atoms with van der Waals surface area (Å²) in [6, 6.07) is 1.75. The second kappa shape index (κ2) is 2.85. The predicted molar refractivity (Wildman–Crippen MR) is 48.3 cm³/mol. The van der Waals surface area contributed by atoms with Gasteiger partial charge in [0.15, 0.2) is 0 Å². The lowest BCUT2D eigenvalue weighted by Gasteiger charge is -1.95. The van der Waals surface area contributed by atoms with Gasteiger partial charge in [-0.2, -0.15) is 0 Å². The predicted octanol–water partition coefficient (Wildman–Crippen LogP) is 0.553. The topological polar surface area (TPSA) is 69.6 Å². The largest absolute Gasteiger partial charge is 0.382 e. The number of nitrogen functional groups attached to an aromatic ring is 1. The van der Waals surface area contributed by atoms with Crippen LogP contribution in [0.3, 0.4) is 0 Å². The van der Waals surface area contributed by atoms with E-state index in [9.17, 15) is 0 Å². The molecule has 5 heteroatoms. The van der Waals surface area contributed by atoms with E-state index in [1.165, 1.54) is 0 Å². The van der Waals surface area contributed by atoms with Crippen LogP contribution in [0.1, 0.15) is 5.56 Å². The number of hydrogen-bond donors (Lipinski definition) is 1. The van der Waals surface area contributed by atoms with Crippen molar-refractivity contribution in [1.29, 1.82) is 0 Å². The maximum absolute atomic E-state index is 5.59. The first kappa shape index (κ1) is 7.72. The van der Waals surface area contributed by atoms with Gasteiger partial charge in [-0.1, -0.05) is 0 Å². The highest BCUT2D eigenvalue weighted by atomic mass is 15.4. The van der Waals surface area contributed by atoms with Crippen molar-refractivity contribution in [2.45, 2.75) is 6.92 Å². The van der Waals surface area contributed by atoms with Gasteiger partial charge >= 0.3 is 0 Å². The van der Waals surface area contributed by atoms with Gasteiger partial charge in [0.2, 0.25) is 5.95 Å². The van der Waals surface area contributed by atoms with Crippen LogP contribution in [0.25, 0.3) is 5.95 Å². The number of nitrogens with two attached hydrogens (primary N) is 1. The van der Waals surface area contributed by atoms with E-state index in [4.69, 9.17) is 5.73 Å². The molecule has 2 aromatic heterocycles. The molecule has 0 saturated heterocycles. The van der Waals surface area contributed by atoms with Crippen LogP contribution in [-0.4, -0.2) is 19.7 Å². The third kappa shape index (κ3) is 1.35. The molecule has 0 aliphatic carbocycles. The second-order valence-corrected chi connectivity index (χ2v) is 2.69. The molecule has 0 fully saturated rings. The zero-order chi connectivity index (χ0) is 9.26. The minimum atomic E-state index is 0.507. The van der Waals surface area contributed by atoms with Gasteiger partial charge in [-0.3, -0.25) is 0 Å². The molecule has 0 atom stereocenters. The lowest BCUT2D eigenvalue weighted by atomic mass is 10.4. The van der Waals surface area contributed by atoms with Crippen LogP contribution in [0.5, 0.6) is 0 Å². The fraction of sp³-hybridized carbons (Fsp3) is 0.125.